The normalized spacial score (nSPS) is 12.9. The van der Waals surface area contributed by atoms with E-state index in [9.17, 15) is 0 Å². The molecule has 0 aliphatic carbocycles. The number of rotatable bonds is 3. The smallest absolute Gasteiger partial charge is 0.0297 e. The highest BCUT2D eigenvalue weighted by Crippen LogP contribution is 2.23. The lowest BCUT2D eigenvalue weighted by Gasteiger charge is -2.16. The Labute approximate surface area is 87.3 Å². The van der Waals surface area contributed by atoms with Gasteiger partial charge in [-0.15, -0.1) is 0 Å². The van der Waals surface area contributed by atoms with Gasteiger partial charge in [0.2, 0.25) is 0 Å². The molecule has 0 bridgehead atoms. The molecule has 0 heterocycles. The zero-order valence-corrected chi connectivity index (χ0v) is 9.72. The summed E-state index contributed by atoms with van der Waals surface area (Å²) in [6.07, 6.45) is 2.22. The van der Waals surface area contributed by atoms with E-state index >= 15 is 0 Å². The summed E-state index contributed by atoms with van der Waals surface area (Å²) in [5, 5.41) is 0. The third-order valence-corrected chi connectivity index (χ3v) is 2.88. The van der Waals surface area contributed by atoms with Crippen molar-refractivity contribution in [2.45, 2.75) is 46.6 Å². The lowest BCUT2D eigenvalue weighted by atomic mass is 9.94. The van der Waals surface area contributed by atoms with Gasteiger partial charge in [0.25, 0.3) is 0 Å². The van der Waals surface area contributed by atoms with Crippen LogP contribution in [-0.4, -0.2) is 0 Å². The maximum absolute atomic E-state index is 6.13. The highest BCUT2D eigenvalue weighted by molar-refractivity contribution is 5.38. The molecule has 1 heteroatoms. The Bertz CT molecular complexity index is 315. The second-order valence-corrected chi connectivity index (χ2v) is 4.19. The molecule has 0 aliphatic heterocycles. The number of hydrogen-bond acceptors (Lipinski definition) is 1. The molecule has 0 saturated carbocycles. The largest absolute Gasteiger partial charge is 0.324 e. The van der Waals surface area contributed by atoms with Gasteiger partial charge in [0, 0.05) is 6.04 Å². The van der Waals surface area contributed by atoms with Crippen LogP contribution in [0.25, 0.3) is 0 Å². The SMILES string of the molecule is CCC[C@H](N)c1cc(C)c(C)cc1C. The molecular formula is C13H21N. The molecule has 14 heavy (non-hydrogen) atoms. The predicted octanol–water partition coefficient (Wildman–Crippen LogP) is 3.41. The van der Waals surface area contributed by atoms with Gasteiger partial charge in [-0.25, -0.2) is 0 Å². The molecule has 0 spiro atoms. The third-order valence-electron chi connectivity index (χ3n) is 2.88. The topological polar surface area (TPSA) is 26.0 Å². The van der Waals surface area contributed by atoms with E-state index in [1.807, 2.05) is 0 Å². The van der Waals surface area contributed by atoms with Crippen LogP contribution in [0.5, 0.6) is 0 Å². The van der Waals surface area contributed by atoms with Crippen LogP contribution < -0.4 is 5.73 Å². The summed E-state index contributed by atoms with van der Waals surface area (Å²) in [5.74, 6) is 0. The molecule has 0 aromatic heterocycles. The van der Waals surface area contributed by atoms with E-state index in [0.717, 1.165) is 12.8 Å². The second-order valence-electron chi connectivity index (χ2n) is 4.19. The zero-order valence-electron chi connectivity index (χ0n) is 9.72. The van der Waals surface area contributed by atoms with Crippen LogP contribution in [-0.2, 0) is 0 Å². The van der Waals surface area contributed by atoms with Gasteiger partial charge in [0.1, 0.15) is 0 Å². The lowest BCUT2D eigenvalue weighted by molar-refractivity contribution is 0.634. The average molecular weight is 191 g/mol. The highest BCUT2D eigenvalue weighted by Gasteiger charge is 2.09. The molecule has 0 amide bonds. The first-order chi connectivity index (χ1) is 6.56. The molecule has 0 aliphatic rings. The van der Waals surface area contributed by atoms with Crippen molar-refractivity contribution in [1.29, 1.82) is 0 Å². The number of hydrogen-bond donors (Lipinski definition) is 1. The molecule has 1 rings (SSSR count). The van der Waals surface area contributed by atoms with Crippen molar-refractivity contribution in [3.63, 3.8) is 0 Å². The van der Waals surface area contributed by atoms with Crippen molar-refractivity contribution >= 4 is 0 Å². The standard InChI is InChI=1S/C13H21N/c1-5-6-13(14)12-8-10(3)9(2)7-11(12)4/h7-8,13H,5-6,14H2,1-4H3/t13-/m0/s1. The number of nitrogens with two attached hydrogens (primary N) is 1. The summed E-state index contributed by atoms with van der Waals surface area (Å²) in [5.41, 5.74) is 11.5. The molecule has 0 saturated heterocycles. The first-order valence-electron chi connectivity index (χ1n) is 5.39. The fraction of sp³-hybridized carbons (Fsp3) is 0.538. The Morgan fingerprint density at radius 2 is 1.64 bits per heavy atom. The lowest BCUT2D eigenvalue weighted by Crippen LogP contribution is -2.11. The maximum atomic E-state index is 6.13. The fourth-order valence-electron chi connectivity index (χ4n) is 1.85. The third kappa shape index (κ3) is 2.36. The minimum Gasteiger partial charge on any atom is -0.324 e. The highest BCUT2D eigenvalue weighted by atomic mass is 14.6. The Balaban J connectivity index is 3.02. The second kappa shape index (κ2) is 4.61. The summed E-state index contributed by atoms with van der Waals surface area (Å²) in [7, 11) is 0. The van der Waals surface area contributed by atoms with E-state index in [1.165, 1.54) is 22.3 Å². The molecule has 1 aromatic rings. The molecule has 0 unspecified atom stereocenters. The van der Waals surface area contributed by atoms with E-state index in [2.05, 4.69) is 39.8 Å². The van der Waals surface area contributed by atoms with Crippen molar-refractivity contribution in [2.75, 3.05) is 0 Å². The van der Waals surface area contributed by atoms with Crippen LogP contribution in [0.15, 0.2) is 12.1 Å². The van der Waals surface area contributed by atoms with Gasteiger partial charge in [0.05, 0.1) is 0 Å². The molecule has 1 nitrogen and oxygen atoms in total. The van der Waals surface area contributed by atoms with E-state index < -0.39 is 0 Å². The van der Waals surface area contributed by atoms with Gasteiger partial charge in [-0.1, -0.05) is 25.5 Å². The van der Waals surface area contributed by atoms with Crippen LogP contribution in [0.4, 0.5) is 0 Å². The quantitative estimate of drug-likeness (QED) is 0.778. The van der Waals surface area contributed by atoms with Gasteiger partial charge >= 0.3 is 0 Å². The van der Waals surface area contributed by atoms with Gasteiger partial charge in [0.15, 0.2) is 0 Å². The summed E-state index contributed by atoms with van der Waals surface area (Å²) in [6, 6.07) is 4.69. The van der Waals surface area contributed by atoms with Crippen molar-refractivity contribution < 1.29 is 0 Å². The van der Waals surface area contributed by atoms with Crippen LogP contribution in [0.2, 0.25) is 0 Å². The fourth-order valence-corrected chi connectivity index (χ4v) is 1.85. The summed E-state index contributed by atoms with van der Waals surface area (Å²) in [6.45, 7) is 8.63. The molecule has 0 fully saturated rings. The number of benzene rings is 1. The van der Waals surface area contributed by atoms with Gasteiger partial charge in [-0.3, -0.25) is 0 Å². The number of aryl methyl sites for hydroxylation is 3. The van der Waals surface area contributed by atoms with E-state index in [4.69, 9.17) is 5.73 Å². The minimum atomic E-state index is 0.208. The summed E-state index contributed by atoms with van der Waals surface area (Å²) in [4.78, 5) is 0. The Morgan fingerprint density at radius 3 is 2.21 bits per heavy atom. The molecule has 2 N–H and O–H groups in total. The van der Waals surface area contributed by atoms with Crippen molar-refractivity contribution in [1.82, 2.24) is 0 Å². The van der Waals surface area contributed by atoms with Gasteiger partial charge < -0.3 is 5.73 Å². The van der Waals surface area contributed by atoms with Crippen molar-refractivity contribution in [3.8, 4) is 0 Å². The molecule has 78 valence electrons. The van der Waals surface area contributed by atoms with E-state index in [1.54, 1.807) is 0 Å². The summed E-state index contributed by atoms with van der Waals surface area (Å²) < 4.78 is 0. The maximum Gasteiger partial charge on any atom is 0.0297 e. The Hall–Kier alpha value is -0.820. The first kappa shape index (κ1) is 11.3. The Morgan fingerprint density at radius 1 is 1.07 bits per heavy atom. The predicted molar refractivity (Wildman–Crippen MR) is 62.5 cm³/mol. The van der Waals surface area contributed by atoms with E-state index in [-0.39, 0.29) is 6.04 Å². The molecule has 1 aromatic carbocycles. The first-order valence-corrected chi connectivity index (χ1v) is 5.39. The molecule has 0 radical (unpaired) electrons. The monoisotopic (exact) mass is 191 g/mol. The minimum absolute atomic E-state index is 0.208. The average Bonchev–Trinajstić information content (AvgIpc) is 2.11. The van der Waals surface area contributed by atoms with Crippen molar-refractivity contribution in [3.05, 3.63) is 34.4 Å². The zero-order chi connectivity index (χ0) is 10.7. The van der Waals surface area contributed by atoms with Crippen LogP contribution in [0.3, 0.4) is 0 Å². The summed E-state index contributed by atoms with van der Waals surface area (Å²) >= 11 is 0. The van der Waals surface area contributed by atoms with E-state index in [0.29, 0.717) is 0 Å². The van der Waals surface area contributed by atoms with Crippen LogP contribution in [0.1, 0.15) is 48.1 Å². The Kier molecular flexibility index (Phi) is 3.70. The van der Waals surface area contributed by atoms with Crippen LogP contribution in [0, 0.1) is 20.8 Å². The van der Waals surface area contributed by atoms with Gasteiger partial charge in [-0.2, -0.15) is 0 Å². The van der Waals surface area contributed by atoms with Gasteiger partial charge in [-0.05, 0) is 49.4 Å². The van der Waals surface area contributed by atoms with Crippen molar-refractivity contribution in [2.24, 2.45) is 5.73 Å². The van der Waals surface area contributed by atoms with Crippen LogP contribution >= 0.6 is 0 Å². The molecule has 1 atom stereocenters. The molecular weight excluding hydrogens is 170 g/mol.